The molecule has 8 nitrogen and oxygen atoms in total. The van der Waals surface area contributed by atoms with E-state index in [9.17, 15) is 4.79 Å². The van der Waals surface area contributed by atoms with Crippen LogP contribution in [0, 0.1) is 6.92 Å². The van der Waals surface area contributed by atoms with Crippen LogP contribution >= 0.6 is 0 Å². The minimum atomic E-state index is -0.216. The molecule has 2 heterocycles. The minimum Gasteiger partial charge on any atom is -0.450 e. The van der Waals surface area contributed by atoms with Gasteiger partial charge in [-0.3, -0.25) is 0 Å². The third-order valence-electron chi connectivity index (χ3n) is 4.07. The molecule has 0 unspecified atom stereocenters. The van der Waals surface area contributed by atoms with Gasteiger partial charge in [-0.15, -0.1) is 0 Å². The zero-order valence-electron chi connectivity index (χ0n) is 15.7. The molecule has 0 aliphatic carbocycles. The van der Waals surface area contributed by atoms with Gasteiger partial charge in [0.2, 0.25) is 5.95 Å². The summed E-state index contributed by atoms with van der Waals surface area (Å²) in [5.74, 6) is 1.47. The lowest BCUT2D eigenvalue weighted by Crippen LogP contribution is -2.42. The van der Waals surface area contributed by atoms with Crippen LogP contribution in [0.1, 0.15) is 25.5 Å². The molecule has 140 valence electrons. The Morgan fingerprint density at radius 2 is 2.08 bits per heavy atom. The number of anilines is 2. The lowest BCUT2D eigenvalue weighted by atomic mass is 10.1. The maximum Gasteiger partial charge on any atom is 0.409 e. The van der Waals surface area contributed by atoms with Crippen molar-refractivity contribution in [1.29, 1.82) is 0 Å². The zero-order valence-corrected chi connectivity index (χ0v) is 15.7. The van der Waals surface area contributed by atoms with E-state index in [2.05, 4.69) is 25.5 Å². The average Bonchev–Trinajstić information content (AvgIpc) is 2.55. The number of ether oxygens (including phenoxy) is 1. The molecule has 0 saturated carbocycles. The number of rotatable bonds is 7. The van der Waals surface area contributed by atoms with Crippen LogP contribution in [-0.4, -0.2) is 78.8 Å². The van der Waals surface area contributed by atoms with Crippen molar-refractivity contribution < 1.29 is 9.53 Å². The normalized spacial score (nSPS) is 15.3. The molecule has 0 atom stereocenters. The molecule has 1 aromatic heterocycles. The van der Waals surface area contributed by atoms with E-state index in [0.29, 0.717) is 31.7 Å². The number of carbonyl (C=O) groups is 1. The molecule has 0 spiro atoms. The smallest absolute Gasteiger partial charge is 0.409 e. The first-order valence-corrected chi connectivity index (χ1v) is 8.90. The summed E-state index contributed by atoms with van der Waals surface area (Å²) in [7, 11) is 4.07. The number of piperidine rings is 1. The third-order valence-corrected chi connectivity index (χ3v) is 4.07. The van der Waals surface area contributed by atoms with Gasteiger partial charge in [0.15, 0.2) is 0 Å². The number of hydrogen-bond donors (Lipinski definition) is 2. The number of aromatic nitrogens is 2. The number of hydrogen-bond acceptors (Lipinski definition) is 7. The summed E-state index contributed by atoms with van der Waals surface area (Å²) in [5, 5.41) is 6.73. The summed E-state index contributed by atoms with van der Waals surface area (Å²) in [6.07, 6.45) is 1.54. The molecule has 1 aromatic rings. The van der Waals surface area contributed by atoms with E-state index in [1.165, 1.54) is 0 Å². The number of likely N-dealkylation sites (tertiary alicyclic amines) is 1. The first-order chi connectivity index (χ1) is 12.0. The predicted molar refractivity (Wildman–Crippen MR) is 99.1 cm³/mol. The summed E-state index contributed by atoms with van der Waals surface area (Å²) < 4.78 is 5.05. The van der Waals surface area contributed by atoms with Crippen LogP contribution in [0.15, 0.2) is 6.07 Å². The average molecular weight is 350 g/mol. The Balaban J connectivity index is 1.86. The highest BCUT2D eigenvalue weighted by Crippen LogP contribution is 2.17. The summed E-state index contributed by atoms with van der Waals surface area (Å²) in [6, 6.07) is 2.25. The predicted octanol–water partition coefficient (Wildman–Crippen LogP) is 1.79. The molecule has 1 aliphatic rings. The van der Waals surface area contributed by atoms with Crippen molar-refractivity contribution in [2.75, 3.05) is 57.5 Å². The summed E-state index contributed by atoms with van der Waals surface area (Å²) in [6.45, 7) is 7.34. The molecule has 1 fully saturated rings. The Bertz CT molecular complexity index is 558. The van der Waals surface area contributed by atoms with E-state index in [4.69, 9.17) is 4.74 Å². The second kappa shape index (κ2) is 9.41. The maximum atomic E-state index is 11.8. The van der Waals surface area contributed by atoms with E-state index in [0.717, 1.165) is 37.4 Å². The molecule has 1 aliphatic heterocycles. The molecule has 1 saturated heterocycles. The molecule has 0 bridgehead atoms. The molecule has 0 aromatic carbocycles. The van der Waals surface area contributed by atoms with Gasteiger partial charge in [-0.25, -0.2) is 9.78 Å². The van der Waals surface area contributed by atoms with Gasteiger partial charge in [0.1, 0.15) is 5.82 Å². The standard InChI is InChI=1S/C17H30N6O2/c1-5-25-17(24)23-9-6-14(7-10-23)20-15-12-13(2)19-16(21-15)18-8-11-22(3)4/h12,14H,5-11H2,1-4H3,(H2,18,19,20,21). The number of amides is 1. The molecule has 2 N–H and O–H groups in total. The van der Waals surface area contributed by atoms with Crippen LogP contribution in [0.3, 0.4) is 0 Å². The van der Waals surface area contributed by atoms with E-state index in [1.54, 1.807) is 4.90 Å². The summed E-state index contributed by atoms with van der Waals surface area (Å²) in [5.41, 5.74) is 0.925. The van der Waals surface area contributed by atoms with Gasteiger partial charge in [0.25, 0.3) is 0 Å². The fraction of sp³-hybridized carbons (Fsp3) is 0.706. The van der Waals surface area contributed by atoms with Gasteiger partial charge < -0.3 is 25.2 Å². The highest BCUT2D eigenvalue weighted by Gasteiger charge is 2.23. The van der Waals surface area contributed by atoms with Crippen LogP contribution in [-0.2, 0) is 4.74 Å². The fourth-order valence-corrected chi connectivity index (χ4v) is 2.74. The molecule has 25 heavy (non-hydrogen) atoms. The van der Waals surface area contributed by atoms with Crippen molar-refractivity contribution in [3.8, 4) is 0 Å². The number of carbonyl (C=O) groups excluding carboxylic acids is 1. The fourth-order valence-electron chi connectivity index (χ4n) is 2.74. The van der Waals surface area contributed by atoms with Crippen molar-refractivity contribution in [2.24, 2.45) is 0 Å². The SMILES string of the molecule is CCOC(=O)N1CCC(Nc2cc(C)nc(NCCN(C)C)n2)CC1. The molecule has 0 radical (unpaired) electrons. The van der Waals surface area contributed by atoms with Crippen molar-refractivity contribution in [3.05, 3.63) is 11.8 Å². The Morgan fingerprint density at radius 1 is 1.36 bits per heavy atom. The van der Waals surface area contributed by atoms with E-state index in [1.807, 2.05) is 34.0 Å². The van der Waals surface area contributed by atoms with Crippen LogP contribution in [0.4, 0.5) is 16.6 Å². The molecular weight excluding hydrogens is 320 g/mol. The van der Waals surface area contributed by atoms with Gasteiger partial charge in [0.05, 0.1) is 6.61 Å². The molecule has 2 rings (SSSR count). The Labute approximate surface area is 150 Å². The summed E-state index contributed by atoms with van der Waals surface area (Å²) in [4.78, 5) is 24.6. The first-order valence-electron chi connectivity index (χ1n) is 8.90. The van der Waals surface area contributed by atoms with Crippen molar-refractivity contribution in [2.45, 2.75) is 32.7 Å². The van der Waals surface area contributed by atoms with Gasteiger partial charge in [-0.05, 0) is 40.8 Å². The van der Waals surface area contributed by atoms with E-state index >= 15 is 0 Å². The van der Waals surface area contributed by atoms with Crippen LogP contribution in [0.25, 0.3) is 0 Å². The lowest BCUT2D eigenvalue weighted by molar-refractivity contribution is 0.0983. The zero-order chi connectivity index (χ0) is 18.2. The van der Waals surface area contributed by atoms with Gasteiger partial charge in [0, 0.05) is 44.0 Å². The highest BCUT2D eigenvalue weighted by atomic mass is 16.6. The number of likely N-dealkylation sites (N-methyl/N-ethyl adjacent to an activating group) is 1. The van der Waals surface area contributed by atoms with Gasteiger partial charge in [-0.2, -0.15) is 4.98 Å². The van der Waals surface area contributed by atoms with Gasteiger partial charge in [-0.1, -0.05) is 0 Å². The largest absolute Gasteiger partial charge is 0.450 e. The highest BCUT2D eigenvalue weighted by molar-refractivity contribution is 5.67. The maximum absolute atomic E-state index is 11.8. The lowest BCUT2D eigenvalue weighted by Gasteiger charge is -2.31. The van der Waals surface area contributed by atoms with Crippen molar-refractivity contribution in [3.63, 3.8) is 0 Å². The first kappa shape index (κ1) is 19.2. The van der Waals surface area contributed by atoms with Crippen molar-refractivity contribution in [1.82, 2.24) is 19.8 Å². The van der Waals surface area contributed by atoms with Crippen molar-refractivity contribution >= 4 is 17.9 Å². The second-order valence-electron chi connectivity index (χ2n) is 6.55. The van der Waals surface area contributed by atoms with Crippen LogP contribution in [0.5, 0.6) is 0 Å². The summed E-state index contributed by atoms with van der Waals surface area (Å²) >= 11 is 0. The Kier molecular flexibility index (Phi) is 7.24. The number of nitrogens with zero attached hydrogens (tertiary/aromatic N) is 4. The van der Waals surface area contributed by atoms with Crippen LogP contribution < -0.4 is 10.6 Å². The van der Waals surface area contributed by atoms with Gasteiger partial charge >= 0.3 is 6.09 Å². The quantitative estimate of drug-likeness (QED) is 0.776. The second-order valence-corrected chi connectivity index (χ2v) is 6.55. The molecule has 8 heteroatoms. The molecule has 1 amide bonds. The number of aryl methyl sites for hydroxylation is 1. The number of nitrogens with one attached hydrogen (secondary N) is 2. The third kappa shape index (κ3) is 6.38. The monoisotopic (exact) mass is 350 g/mol. The van der Waals surface area contributed by atoms with E-state index in [-0.39, 0.29) is 6.09 Å². The minimum absolute atomic E-state index is 0.216. The Hall–Kier alpha value is -2.09. The van der Waals surface area contributed by atoms with Crippen LogP contribution in [0.2, 0.25) is 0 Å². The Morgan fingerprint density at radius 3 is 2.72 bits per heavy atom. The topological polar surface area (TPSA) is 82.6 Å². The molecular formula is C17H30N6O2. The van der Waals surface area contributed by atoms with E-state index < -0.39 is 0 Å².